The van der Waals surface area contributed by atoms with Gasteiger partial charge in [0.25, 0.3) is 5.88 Å². The van der Waals surface area contributed by atoms with Crippen LogP contribution >= 0.6 is 0 Å². The van der Waals surface area contributed by atoms with Gasteiger partial charge in [-0.3, -0.25) is 10.1 Å². The van der Waals surface area contributed by atoms with Gasteiger partial charge in [0.05, 0.1) is 4.92 Å². The zero-order chi connectivity index (χ0) is 9.26. The molecule has 0 radical (unpaired) electrons. The fraction of sp³-hybridized carbons (Fsp3) is 0.375. The zero-order valence-corrected chi connectivity index (χ0v) is 6.84. The van der Waals surface area contributed by atoms with Crippen LogP contribution in [0.4, 0.5) is 5.69 Å². The SMILES string of the molecule is O=[N+]([O-])c1cccnc1OC1CC1. The number of rotatable bonds is 3. The summed E-state index contributed by atoms with van der Waals surface area (Å²) in [7, 11) is 0. The van der Waals surface area contributed by atoms with E-state index in [1.165, 1.54) is 18.3 Å². The van der Waals surface area contributed by atoms with Gasteiger partial charge in [-0.2, -0.15) is 0 Å². The third-order valence-corrected chi connectivity index (χ3v) is 1.75. The average Bonchev–Trinajstić information content (AvgIpc) is 2.89. The molecule has 0 amide bonds. The Balaban J connectivity index is 2.25. The highest BCUT2D eigenvalue weighted by molar-refractivity contribution is 5.40. The Morgan fingerprint density at radius 2 is 2.38 bits per heavy atom. The molecule has 68 valence electrons. The van der Waals surface area contributed by atoms with Gasteiger partial charge in [-0.1, -0.05) is 0 Å². The first kappa shape index (κ1) is 7.97. The Bertz CT molecular complexity index is 336. The zero-order valence-electron chi connectivity index (χ0n) is 6.84. The van der Waals surface area contributed by atoms with Crippen LogP contribution in [0.3, 0.4) is 0 Å². The molecular weight excluding hydrogens is 172 g/mol. The summed E-state index contributed by atoms with van der Waals surface area (Å²) in [6.45, 7) is 0. The van der Waals surface area contributed by atoms with Gasteiger partial charge in [0.1, 0.15) is 6.10 Å². The van der Waals surface area contributed by atoms with Crippen LogP contribution in [0.5, 0.6) is 5.88 Å². The number of hydrogen-bond donors (Lipinski definition) is 0. The third kappa shape index (κ3) is 1.74. The molecule has 1 heterocycles. The van der Waals surface area contributed by atoms with E-state index >= 15 is 0 Å². The molecule has 1 aliphatic rings. The predicted molar refractivity (Wildman–Crippen MR) is 44.5 cm³/mol. The van der Waals surface area contributed by atoms with E-state index < -0.39 is 4.92 Å². The molecule has 13 heavy (non-hydrogen) atoms. The van der Waals surface area contributed by atoms with Crippen molar-refractivity contribution in [2.24, 2.45) is 0 Å². The first-order chi connectivity index (χ1) is 6.27. The van der Waals surface area contributed by atoms with Gasteiger partial charge in [0.15, 0.2) is 0 Å². The fourth-order valence-corrected chi connectivity index (χ4v) is 0.956. The molecule has 0 aromatic carbocycles. The molecule has 1 saturated carbocycles. The minimum absolute atomic E-state index is 0.0607. The summed E-state index contributed by atoms with van der Waals surface area (Å²) < 4.78 is 5.26. The van der Waals surface area contributed by atoms with Crippen LogP contribution < -0.4 is 4.74 Å². The second-order valence-corrected chi connectivity index (χ2v) is 2.90. The quantitative estimate of drug-likeness (QED) is 0.522. The number of nitrogens with zero attached hydrogens (tertiary/aromatic N) is 2. The number of ether oxygens (including phenoxy) is 1. The van der Waals surface area contributed by atoms with Crippen LogP contribution in [0.25, 0.3) is 0 Å². The van der Waals surface area contributed by atoms with E-state index in [0.29, 0.717) is 0 Å². The smallest absolute Gasteiger partial charge is 0.330 e. The normalized spacial score (nSPS) is 15.4. The Morgan fingerprint density at radius 3 is 3.00 bits per heavy atom. The standard InChI is InChI=1S/C8H8N2O3/c11-10(12)7-2-1-5-9-8(7)13-6-3-4-6/h1-2,5-6H,3-4H2. The van der Waals surface area contributed by atoms with E-state index in [4.69, 9.17) is 4.74 Å². The van der Waals surface area contributed by atoms with Crippen molar-refractivity contribution < 1.29 is 9.66 Å². The van der Waals surface area contributed by atoms with Gasteiger partial charge < -0.3 is 4.74 Å². The van der Waals surface area contributed by atoms with E-state index in [1.54, 1.807) is 0 Å². The van der Waals surface area contributed by atoms with E-state index in [-0.39, 0.29) is 17.7 Å². The maximum absolute atomic E-state index is 10.5. The van der Waals surface area contributed by atoms with Gasteiger partial charge in [-0.15, -0.1) is 0 Å². The monoisotopic (exact) mass is 180 g/mol. The summed E-state index contributed by atoms with van der Waals surface area (Å²) in [5.74, 6) is 0.134. The molecule has 1 aromatic heterocycles. The van der Waals surface area contributed by atoms with Crippen molar-refractivity contribution in [3.05, 3.63) is 28.4 Å². The Labute approximate surface area is 74.5 Å². The second kappa shape index (κ2) is 3.01. The van der Waals surface area contributed by atoms with Crippen LogP contribution in [0.1, 0.15) is 12.8 Å². The van der Waals surface area contributed by atoms with E-state index in [0.717, 1.165) is 12.8 Å². The van der Waals surface area contributed by atoms with Gasteiger partial charge in [-0.05, 0) is 18.9 Å². The lowest BCUT2D eigenvalue weighted by Gasteiger charge is -2.01. The highest BCUT2D eigenvalue weighted by atomic mass is 16.6. The lowest BCUT2D eigenvalue weighted by Crippen LogP contribution is -2.01. The molecule has 5 nitrogen and oxygen atoms in total. The molecule has 1 fully saturated rings. The van der Waals surface area contributed by atoms with Crippen molar-refractivity contribution in [2.45, 2.75) is 18.9 Å². The molecular formula is C8H8N2O3. The largest absolute Gasteiger partial charge is 0.469 e. The molecule has 0 bridgehead atoms. The molecule has 0 atom stereocenters. The summed E-state index contributed by atoms with van der Waals surface area (Å²) in [4.78, 5) is 13.8. The molecule has 0 saturated heterocycles. The van der Waals surface area contributed by atoms with E-state index in [9.17, 15) is 10.1 Å². The minimum Gasteiger partial charge on any atom is -0.469 e. The van der Waals surface area contributed by atoms with Crippen molar-refractivity contribution in [2.75, 3.05) is 0 Å². The van der Waals surface area contributed by atoms with Gasteiger partial charge in [0, 0.05) is 12.3 Å². The molecule has 0 spiro atoms. The van der Waals surface area contributed by atoms with Crippen molar-refractivity contribution in [1.29, 1.82) is 0 Å². The highest BCUT2D eigenvalue weighted by Crippen LogP contribution is 2.30. The fourth-order valence-electron chi connectivity index (χ4n) is 0.956. The maximum atomic E-state index is 10.5. The van der Waals surface area contributed by atoms with Crippen molar-refractivity contribution in [3.8, 4) is 5.88 Å². The van der Waals surface area contributed by atoms with E-state index in [1.807, 2.05) is 0 Å². The summed E-state index contributed by atoms with van der Waals surface area (Å²) in [6, 6.07) is 2.92. The van der Waals surface area contributed by atoms with Crippen LogP contribution in [0, 0.1) is 10.1 Å². The number of aromatic nitrogens is 1. The first-order valence-electron chi connectivity index (χ1n) is 4.03. The molecule has 1 aliphatic carbocycles. The lowest BCUT2D eigenvalue weighted by molar-refractivity contribution is -0.386. The summed E-state index contributed by atoms with van der Waals surface area (Å²) in [5, 5.41) is 10.5. The van der Waals surface area contributed by atoms with Crippen LogP contribution in [-0.2, 0) is 0 Å². The number of nitro groups is 1. The number of pyridine rings is 1. The molecule has 0 aliphatic heterocycles. The topological polar surface area (TPSA) is 65.3 Å². The first-order valence-corrected chi connectivity index (χ1v) is 4.03. The summed E-state index contributed by atoms with van der Waals surface area (Å²) >= 11 is 0. The van der Waals surface area contributed by atoms with Crippen molar-refractivity contribution >= 4 is 5.69 Å². The van der Waals surface area contributed by atoms with Crippen LogP contribution in [-0.4, -0.2) is 16.0 Å². The molecule has 0 unspecified atom stereocenters. The predicted octanol–water partition coefficient (Wildman–Crippen LogP) is 1.53. The summed E-state index contributed by atoms with van der Waals surface area (Å²) in [6.07, 6.45) is 3.56. The average molecular weight is 180 g/mol. The Hall–Kier alpha value is -1.65. The van der Waals surface area contributed by atoms with Crippen molar-refractivity contribution in [1.82, 2.24) is 4.98 Å². The van der Waals surface area contributed by atoms with Crippen LogP contribution in [0.15, 0.2) is 18.3 Å². The molecule has 2 rings (SSSR count). The molecule has 0 N–H and O–H groups in total. The van der Waals surface area contributed by atoms with Crippen molar-refractivity contribution in [3.63, 3.8) is 0 Å². The second-order valence-electron chi connectivity index (χ2n) is 2.90. The van der Waals surface area contributed by atoms with Crippen LogP contribution in [0.2, 0.25) is 0 Å². The Kier molecular flexibility index (Phi) is 1.84. The van der Waals surface area contributed by atoms with Gasteiger partial charge in [-0.25, -0.2) is 4.98 Å². The molecule has 5 heteroatoms. The summed E-state index contributed by atoms with van der Waals surface area (Å²) in [5.41, 5.74) is -0.0607. The Morgan fingerprint density at radius 1 is 1.62 bits per heavy atom. The maximum Gasteiger partial charge on any atom is 0.330 e. The lowest BCUT2D eigenvalue weighted by atomic mass is 10.4. The number of hydrogen-bond acceptors (Lipinski definition) is 4. The molecule has 1 aromatic rings. The van der Waals surface area contributed by atoms with Gasteiger partial charge >= 0.3 is 5.69 Å². The van der Waals surface area contributed by atoms with Gasteiger partial charge in [0.2, 0.25) is 0 Å². The van der Waals surface area contributed by atoms with E-state index in [2.05, 4.69) is 4.98 Å². The third-order valence-electron chi connectivity index (χ3n) is 1.75. The highest BCUT2D eigenvalue weighted by Gasteiger charge is 2.27. The minimum atomic E-state index is -0.481.